The van der Waals surface area contributed by atoms with Gasteiger partial charge in [-0.15, -0.1) is 0 Å². The van der Waals surface area contributed by atoms with Crippen molar-refractivity contribution in [1.29, 1.82) is 0 Å². The molecule has 0 radical (unpaired) electrons. The second-order valence-electron chi connectivity index (χ2n) is 8.14. The molecule has 1 atom stereocenters. The zero-order valence-electron chi connectivity index (χ0n) is 17.9. The summed E-state index contributed by atoms with van der Waals surface area (Å²) in [5.74, 6) is 0.902. The van der Waals surface area contributed by atoms with Crippen molar-refractivity contribution in [1.82, 2.24) is 9.88 Å². The molecule has 1 N–H and O–H groups in total. The fourth-order valence-electron chi connectivity index (χ4n) is 4.18. The Balaban J connectivity index is 1.38. The van der Waals surface area contributed by atoms with E-state index in [4.69, 9.17) is 16.3 Å². The molecule has 1 unspecified atom stereocenters. The molecule has 1 saturated heterocycles. The number of hydrogen-bond donors (Lipinski definition) is 1. The first-order valence-electron chi connectivity index (χ1n) is 10.9. The predicted molar refractivity (Wildman–Crippen MR) is 127 cm³/mol. The van der Waals surface area contributed by atoms with Crippen LogP contribution in [0.5, 0.6) is 5.75 Å². The van der Waals surface area contributed by atoms with Crippen molar-refractivity contribution >= 4 is 11.6 Å². The number of piperidine rings is 1. The van der Waals surface area contributed by atoms with Crippen LogP contribution in [-0.2, 0) is 0 Å². The van der Waals surface area contributed by atoms with E-state index in [0.29, 0.717) is 6.61 Å². The van der Waals surface area contributed by atoms with Crippen LogP contribution in [0.4, 0.5) is 0 Å². The second kappa shape index (κ2) is 10.3. The molecule has 5 heteroatoms. The topological polar surface area (TPSA) is 45.6 Å². The molecule has 1 aromatic heterocycles. The highest BCUT2D eigenvalue weighted by Crippen LogP contribution is 2.27. The number of halogens is 1. The largest absolute Gasteiger partial charge is 0.492 e. The number of aliphatic hydroxyl groups is 1. The highest BCUT2D eigenvalue weighted by atomic mass is 35.5. The third-order valence-corrected chi connectivity index (χ3v) is 6.26. The smallest absolute Gasteiger partial charge is 0.122 e. The minimum Gasteiger partial charge on any atom is -0.492 e. The van der Waals surface area contributed by atoms with Crippen molar-refractivity contribution in [3.05, 3.63) is 71.4 Å². The van der Waals surface area contributed by atoms with Gasteiger partial charge in [-0.3, -0.25) is 9.88 Å². The van der Waals surface area contributed by atoms with Gasteiger partial charge in [0.2, 0.25) is 0 Å². The van der Waals surface area contributed by atoms with Gasteiger partial charge < -0.3 is 9.84 Å². The molecule has 31 heavy (non-hydrogen) atoms. The summed E-state index contributed by atoms with van der Waals surface area (Å²) in [6.45, 7) is 4.82. The lowest BCUT2D eigenvalue weighted by molar-refractivity contribution is 0.0772. The van der Waals surface area contributed by atoms with E-state index >= 15 is 0 Å². The van der Waals surface area contributed by atoms with Gasteiger partial charge in [-0.25, -0.2) is 0 Å². The maximum absolute atomic E-state index is 9.56. The van der Waals surface area contributed by atoms with E-state index in [1.807, 2.05) is 42.6 Å². The fourth-order valence-corrected chi connectivity index (χ4v) is 4.31. The number of rotatable bonds is 7. The molecule has 1 fully saturated rings. The summed E-state index contributed by atoms with van der Waals surface area (Å²) in [6, 6.07) is 18.4. The summed E-state index contributed by atoms with van der Waals surface area (Å²) in [5.41, 5.74) is 5.27. The molecule has 1 aliphatic rings. The van der Waals surface area contributed by atoms with Crippen LogP contribution < -0.4 is 4.74 Å². The molecular formula is C26H29ClN2O2. The average Bonchev–Trinajstić information content (AvgIpc) is 2.81. The molecule has 162 valence electrons. The number of benzene rings is 2. The third kappa shape index (κ3) is 5.45. The number of aromatic nitrogens is 1. The summed E-state index contributed by atoms with van der Waals surface area (Å²) in [7, 11) is 0. The van der Waals surface area contributed by atoms with E-state index in [0.717, 1.165) is 58.2 Å². The molecule has 2 heterocycles. The fraction of sp³-hybridized carbons (Fsp3) is 0.346. The van der Waals surface area contributed by atoms with Gasteiger partial charge in [0.25, 0.3) is 0 Å². The van der Waals surface area contributed by atoms with Gasteiger partial charge >= 0.3 is 0 Å². The van der Waals surface area contributed by atoms with Crippen LogP contribution in [0.2, 0.25) is 5.02 Å². The molecule has 0 amide bonds. The lowest BCUT2D eigenvalue weighted by Gasteiger charge is -2.34. The number of aryl methyl sites for hydroxylation is 1. The maximum atomic E-state index is 9.56. The van der Waals surface area contributed by atoms with Gasteiger partial charge in [-0.05, 0) is 73.8 Å². The van der Waals surface area contributed by atoms with E-state index in [9.17, 15) is 5.11 Å². The van der Waals surface area contributed by atoms with Crippen LogP contribution in [0.15, 0.2) is 60.8 Å². The van der Waals surface area contributed by atoms with Gasteiger partial charge in [0.15, 0.2) is 0 Å². The van der Waals surface area contributed by atoms with Gasteiger partial charge in [-0.1, -0.05) is 36.2 Å². The molecule has 0 bridgehead atoms. The summed E-state index contributed by atoms with van der Waals surface area (Å²) < 4.78 is 6.06. The summed E-state index contributed by atoms with van der Waals surface area (Å²) >= 11 is 5.98. The summed E-state index contributed by atoms with van der Waals surface area (Å²) in [4.78, 5) is 7.00. The Morgan fingerprint density at radius 2 is 1.81 bits per heavy atom. The molecule has 0 saturated carbocycles. The Labute approximate surface area is 189 Å². The van der Waals surface area contributed by atoms with Gasteiger partial charge in [0.1, 0.15) is 12.4 Å². The van der Waals surface area contributed by atoms with Crippen molar-refractivity contribution < 1.29 is 9.84 Å². The Morgan fingerprint density at radius 1 is 1.03 bits per heavy atom. The first-order valence-corrected chi connectivity index (χ1v) is 11.3. The van der Waals surface area contributed by atoms with Gasteiger partial charge in [-0.2, -0.15) is 0 Å². The standard InChI is InChI=1S/C26H29ClN2O2/c1-19-16-21(25-11-7-22(17-28-25)20-5-9-23(27)10-6-20)8-12-26(19)31-15-14-29-13-3-2-4-24(29)18-30/h5-12,16-17,24,30H,2-4,13-15,18H2,1H3. The Morgan fingerprint density at radius 3 is 2.52 bits per heavy atom. The summed E-state index contributed by atoms with van der Waals surface area (Å²) in [5, 5.41) is 10.3. The maximum Gasteiger partial charge on any atom is 0.122 e. The van der Waals surface area contributed by atoms with Crippen molar-refractivity contribution in [2.24, 2.45) is 0 Å². The monoisotopic (exact) mass is 436 g/mol. The van der Waals surface area contributed by atoms with Crippen LogP contribution >= 0.6 is 11.6 Å². The number of ether oxygens (including phenoxy) is 1. The molecule has 1 aliphatic heterocycles. The Hall–Kier alpha value is -2.40. The van der Waals surface area contributed by atoms with Gasteiger partial charge in [0, 0.05) is 34.9 Å². The highest BCUT2D eigenvalue weighted by Gasteiger charge is 2.21. The molecular weight excluding hydrogens is 408 g/mol. The van der Waals surface area contributed by atoms with Crippen LogP contribution in [0.25, 0.3) is 22.4 Å². The van der Waals surface area contributed by atoms with Crippen LogP contribution in [-0.4, -0.2) is 47.3 Å². The highest BCUT2D eigenvalue weighted by molar-refractivity contribution is 6.30. The SMILES string of the molecule is Cc1cc(-c2ccc(-c3ccc(Cl)cc3)cn2)ccc1OCCN1CCCCC1CO. The van der Waals surface area contributed by atoms with Gasteiger partial charge in [0.05, 0.1) is 12.3 Å². The zero-order chi connectivity index (χ0) is 21.6. The molecule has 3 aromatic rings. The Bertz CT molecular complexity index is 989. The third-order valence-electron chi connectivity index (χ3n) is 6.01. The van der Waals surface area contributed by atoms with Crippen molar-refractivity contribution in [3.63, 3.8) is 0 Å². The molecule has 0 spiro atoms. The minimum absolute atomic E-state index is 0.234. The van der Waals surface area contributed by atoms with Crippen molar-refractivity contribution in [2.75, 3.05) is 26.3 Å². The van der Waals surface area contributed by atoms with Crippen LogP contribution in [0.3, 0.4) is 0 Å². The van der Waals surface area contributed by atoms with E-state index < -0.39 is 0 Å². The lowest BCUT2D eigenvalue weighted by atomic mass is 10.0. The van der Waals surface area contributed by atoms with E-state index in [-0.39, 0.29) is 12.6 Å². The Kier molecular flexibility index (Phi) is 7.23. The lowest BCUT2D eigenvalue weighted by Crippen LogP contribution is -2.43. The number of pyridine rings is 1. The predicted octanol–water partition coefficient (Wildman–Crippen LogP) is 5.60. The normalized spacial score (nSPS) is 16.9. The van der Waals surface area contributed by atoms with Crippen molar-refractivity contribution in [2.45, 2.75) is 32.2 Å². The molecule has 4 rings (SSSR count). The number of hydrogen-bond acceptors (Lipinski definition) is 4. The van der Waals surface area contributed by atoms with E-state index in [1.54, 1.807) is 0 Å². The quantitative estimate of drug-likeness (QED) is 0.523. The van der Waals surface area contributed by atoms with Crippen molar-refractivity contribution in [3.8, 4) is 28.1 Å². The first-order chi connectivity index (χ1) is 15.1. The molecule has 2 aromatic carbocycles. The van der Waals surface area contributed by atoms with Crippen LogP contribution in [0.1, 0.15) is 24.8 Å². The first kappa shape index (κ1) is 21.8. The number of likely N-dealkylation sites (tertiary alicyclic amines) is 1. The number of nitrogens with zero attached hydrogens (tertiary/aromatic N) is 2. The average molecular weight is 437 g/mol. The second-order valence-corrected chi connectivity index (χ2v) is 8.57. The molecule has 4 nitrogen and oxygen atoms in total. The minimum atomic E-state index is 0.234. The summed E-state index contributed by atoms with van der Waals surface area (Å²) in [6.07, 6.45) is 5.38. The number of aliphatic hydroxyl groups excluding tert-OH is 1. The zero-order valence-corrected chi connectivity index (χ0v) is 18.7. The van der Waals surface area contributed by atoms with E-state index in [1.165, 1.54) is 12.8 Å². The molecule has 0 aliphatic carbocycles. The van der Waals surface area contributed by atoms with E-state index in [2.05, 4.69) is 35.0 Å². The van der Waals surface area contributed by atoms with Crippen LogP contribution in [0, 0.1) is 6.92 Å².